The zero-order chi connectivity index (χ0) is 45.1. The van der Waals surface area contributed by atoms with Crippen molar-refractivity contribution in [3.05, 3.63) is 48.6 Å². The molecule has 0 aromatic heterocycles. The van der Waals surface area contributed by atoms with Crippen LogP contribution in [0.15, 0.2) is 48.6 Å². The topological polar surface area (TPSA) is 78.9 Å². The van der Waals surface area contributed by atoms with Crippen LogP contribution in [0.2, 0.25) is 0 Å². The van der Waals surface area contributed by atoms with Crippen molar-refractivity contribution in [2.24, 2.45) is 0 Å². The molecule has 0 aromatic carbocycles. The number of allylic oxidation sites excluding steroid dienone is 8. The molecule has 0 bridgehead atoms. The minimum atomic E-state index is -0.782. The van der Waals surface area contributed by atoms with Crippen LogP contribution in [-0.4, -0.2) is 37.2 Å². The molecule has 0 heterocycles. The van der Waals surface area contributed by atoms with Crippen LogP contribution < -0.4 is 0 Å². The van der Waals surface area contributed by atoms with E-state index in [0.29, 0.717) is 19.3 Å². The van der Waals surface area contributed by atoms with Gasteiger partial charge in [0.1, 0.15) is 13.2 Å². The molecule has 0 saturated heterocycles. The lowest BCUT2D eigenvalue weighted by molar-refractivity contribution is -0.167. The highest BCUT2D eigenvalue weighted by Gasteiger charge is 2.19. The van der Waals surface area contributed by atoms with Gasteiger partial charge in [0, 0.05) is 19.3 Å². The molecule has 0 fully saturated rings. The van der Waals surface area contributed by atoms with Crippen molar-refractivity contribution in [3.63, 3.8) is 0 Å². The van der Waals surface area contributed by atoms with E-state index in [1.807, 2.05) is 0 Å². The molecule has 0 radical (unpaired) electrons. The van der Waals surface area contributed by atoms with E-state index in [9.17, 15) is 14.4 Å². The molecule has 6 nitrogen and oxygen atoms in total. The molecular weight excluding hydrogens is 769 g/mol. The van der Waals surface area contributed by atoms with Gasteiger partial charge in [-0.3, -0.25) is 14.4 Å². The Labute approximate surface area is 384 Å². The van der Waals surface area contributed by atoms with E-state index in [1.54, 1.807) is 0 Å². The Morgan fingerprint density at radius 3 is 1.00 bits per heavy atom. The Kier molecular flexibility index (Phi) is 48.8. The highest BCUT2D eigenvalue weighted by Crippen LogP contribution is 2.15. The van der Waals surface area contributed by atoms with Gasteiger partial charge in [0.15, 0.2) is 6.10 Å². The number of esters is 3. The Balaban J connectivity index is 4.39. The zero-order valence-electron chi connectivity index (χ0n) is 41.1. The van der Waals surface area contributed by atoms with Crippen LogP contribution >= 0.6 is 0 Å². The van der Waals surface area contributed by atoms with Crippen molar-refractivity contribution in [2.45, 2.75) is 277 Å². The summed E-state index contributed by atoms with van der Waals surface area (Å²) in [6, 6.07) is 0. The Hall–Kier alpha value is -2.63. The largest absolute Gasteiger partial charge is 0.462 e. The molecule has 360 valence electrons. The first kappa shape index (κ1) is 59.4. The summed E-state index contributed by atoms with van der Waals surface area (Å²) in [4.78, 5) is 38.0. The molecule has 0 rings (SSSR count). The van der Waals surface area contributed by atoms with E-state index >= 15 is 0 Å². The van der Waals surface area contributed by atoms with Crippen LogP contribution in [0.5, 0.6) is 0 Å². The lowest BCUT2D eigenvalue weighted by Crippen LogP contribution is -2.30. The summed E-state index contributed by atoms with van der Waals surface area (Å²) in [6.45, 7) is 6.52. The van der Waals surface area contributed by atoms with Crippen LogP contribution in [0.25, 0.3) is 0 Å². The fourth-order valence-corrected chi connectivity index (χ4v) is 7.57. The van der Waals surface area contributed by atoms with E-state index in [4.69, 9.17) is 14.2 Å². The van der Waals surface area contributed by atoms with Gasteiger partial charge in [-0.1, -0.05) is 223 Å². The molecule has 0 saturated carbocycles. The monoisotopic (exact) mass is 869 g/mol. The van der Waals surface area contributed by atoms with Gasteiger partial charge >= 0.3 is 17.9 Å². The van der Waals surface area contributed by atoms with Crippen LogP contribution in [0.1, 0.15) is 271 Å². The number of rotatable bonds is 48. The lowest BCUT2D eigenvalue weighted by Gasteiger charge is -2.18. The Morgan fingerprint density at radius 2 is 0.629 bits per heavy atom. The van der Waals surface area contributed by atoms with Gasteiger partial charge in [0.05, 0.1) is 0 Å². The average Bonchev–Trinajstić information content (AvgIpc) is 3.27. The van der Waals surface area contributed by atoms with Crippen LogP contribution in [0.3, 0.4) is 0 Å². The minimum Gasteiger partial charge on any atom is -0.462 e. The highest BCUT2D eigenvalue weighted by atomic mass is 16.6. The van der Waals surface area contributed by atoms with Crippen molar-refractivity contribution in [3.8, 4) is 0 Å². The second kappa shape index (κ2) is 51.0. The fraction of sp³-hybridized carbons (Fsp3) is 0.804. The molecule has 1 atom stereocenters. The van der Waals surface area contributed by atoms with E-state index in [2.05, 4.69) is 69.4 Å². The number of carbonyl (C=O) groups is 3. The summed E-state index contributed by atoms with van der Waals surface area (Å²) in [5.41, 5.74) is 0. The van der Waals surface area contributed by atoms with Gasteiger partial charge in [0.25, 0.3) is 0 Å². The van der Waals surface area contributed by atoms with E-state index in [0.717, 1.165) is 103 Å². The molecule has 0 amide bonds. The van der Waals surface area contributed by atoms with Gasteiger partial charge in [-0.2, -0.15) is 0 Å². The smallest absolute Gasteiger partial charge is 0.306 e. The predicted molar refractivity (Wildman–Crippen MR) is 265 cm³/mol. The number of unbranched alkanes of at least 4 members (excludes halogenated alkanes) is 29. The number of carbonyl (C=O) groups excluding carboxylic acids is 3. The first-order valence-electron chi connectivity index (χ1n) is 26.6. The van der Waals surface area contributed by atoms with Gasteiger partial charge in [-0.25, -0.2) is 0 Å². The van der Waals surface area contributed by atoms with Crippen LogP contribution in [0.4, 0.5) is 0 Å². The minimum absolute atomic E-state index is 0.0804. The first-order valence-corrected chi connectivity index (χ1v) is 26.6. The molecule has 0 aromatic rings. The van der Waals surface area contributed by atoms with Crippen molar-refractivity contribution < 1.29 is 28.6 Å². The van der Waals surface area contributed by atoms with Gasteiger partial charge in [0.2, 0.25) is 0 Å². The standard InChI is InChI=1S/C56H100O6/c1-4-7-10-13-16-19-22-25-27-29-31-34-37-40-43-46-49-55(58)61-52-53(51-60-54(57)48-45-42-39-36-33-30-24-21-18-15-12-9-6-3)62-56(59)50-47-44-41-38-35-32-28-26-23-20-17-14-11-8-5-2/h8,11,17,20,26-29,53H,4-7,9-10,12-16,18-19,21-25,30-52H2,1-3H3/b11-8-,20-17-,28-26-,29-27-/t53-/m1/s1. The molecule has 0 spiro atoms. The zero-order valence-corrected chi connectivity index (χ0v) is 41.1. The van der Waals surface area contributed by atoms with E-state index < -0.39 is 6.10 Å². The maximum Gasteiger partial charge on any atom is 0.306 e. The highest BCUT2D eigenvalue weighted by molar-refractivity contribution is 5.71. The quantitative estimate of drug-likeness (QED) is 0.0262. The maximum atomic E-state index is 12.8. The Bertz CT molecular complexity index is 1090. The predicted octanol–water partition coefficient (Wildman–Crippen LogP) is 17.5. The van der Waals surface area contributed by atoms with Gasteiger partial charge in [-0.15, -0.1) is 0 Å². The molecule has 0 N–H and O–H groups in total. The summed E-state index contributed by atoms with van der Waals surface area (Å²) in [5.74, 6) is -0.897. The number of ether oxygens (including phenoxy) is 3. The number of hydrogen-bond donors (Lipinski definition) is 0. The van der Waals surface area contributed by atoms with Crippen LogP contribution in [-0.2, 0) is 28.6 Å². The van der Waals surface area contributed by atoms with Gasteiger partial charge < -0.3 is 14.2 Å². The van der Waals surface area contributed by atoms with Crippen LogP contribution in [0, 0.1) is 0 Å². The summed E-state index contributed by atoms with van der Waals surface area (Å²) in [7, 11) is 0. The molecule has 0 aliphatic heterocycles. The molecule has 6 heteroatoms. The summed E-state index contributed by atoms with van der Waals surface area (Å²) in [5, 5.41) is 0. The maximum absolute atomic E-state index is 12.8. The molecule has 0 aliphatic carbocycles. The second-order valence-corrected chi connectivity index (χ2v) is 17.8. The second-order valence-electron chi connectivity index (χ2n) is 17.8. The summed E-state index contributed by atoms with van der Waals surface area (Å²) >= 11 is 0. The van der Waals surface area contributed by atoms with Gasteiger partial charge in [-0.05, 0) is 77.0 Å². The lowest BCUT2D eigenvalue weighted by atomic mass is 10.0. The van der Waals surface area contributed by atoms with Crippen molar-refractivity contribution in [2.75, 3.05) is 13.2 Å². The summed E-state index contributed by atoms with van der Waals surface area (Å²) in [6.07, 6.45) is 60.9. The Morgan fingerprint density at radius 1 is 0.339 bits per heavy atom. The summed E-state index contributed by atoms with van der Waals surface area (Å²) < 4.78 is 16.8. The molecular formula is C56H100O6. The third-order valence-corrected chi connectivity index (χ3v) is 11.6. The van der Waals surface area contributed by atoms with E-state index in [-0.39, 0.29) is 31.1 Å². The fourth-order valence-electron chi connectivity index (χ4n) is 7.57. The molecule has 62 heavy (non-hydrogen) atoms. The number of hydrogen-bond acceptors (Lipinski definition) is 6. The average molecular weight is 869 g/mol. The van der Waals surface area contributed by atoms with Crippen molar-refractivity contribution in [1.29, 1.82) is 0 Å². The van der Waals surface area contributed by atoms with Crippen molar-refractivity contribution >= 4 is 17.9 Å². The third-order valence-electron chi connectivity index (χ3n) is 11.6. The molecule has 0 unspecified atom stereocenters. The SMILES string of the molecule is CC/C=C\C/C=C\C/C=C\CCCCCCCC(=O)O[C@@H](COC(=O)CCCCCCC/C=C\CCCCCCCCC)COC(=O)CCCCCCCCCCCCCCC. The molecule has 0 aliphatic rings. The first-order chi connectivity index (χ1) is 30.5. The van der Waals surface area contributed by atoms with Crippen molar-refractivity contribution in [1.82, 2.24) is 0 Å². The van der Waals surface area contributed by atoms with E-state index in [1.165, 1.54) is 128 Å². The third kappa shape index (κ3) is 48.4. The normalized spacial score (nSPS) is 12.4.